The fourth-order valence-electron chi connectivity index (χ4n) is 3.89. The molecule has 156 valence electrons. The van der Waals surface area contributed by atoms with Crippen LogP contribution in [0.2, 0.25) is 0 Å². The van der Waals surface area contributed by atoms with Crippen LogP contribution in [-0.4, -0.2) is 31.7 Å². The summed E-state index contributed by atoms with van der Waals surface area (Å²) in [6.07, 6.45) is 2.82. The molecule has 0 aliphatic carbocycles. The zero-order valence-electron chi connectivity index (χ0n) is 17.1. The highest BCUT2D eigenvalue weighted by Gasteiger charge is 2.27. The molecule has 0 bridgehead atoms. The van der Waals surface area contributed by atoms with Crippen LogP contribution in [0.1, 0.15) is 40.7 Å². The van der Waals surface area contributed by atoms with Crippen LogP contribution in [0.25, 0.3) is 10.8 Å². The summed E-state index contributed by atoms with van der Waals surface area (Å²) in [7, 11) is -3.57. The lowest BCUT2D eigenvalue weighted by atomic mass is 10.1. The van der Waals surface area contributed by atoms with E-state index in [0.717, 1.165) is 41.2 Å². The number of amides is 1. The molecule has 0 saturated carbocycles. The number of sulfonamides is 1. The second-order valence-electron chi connectivity index (χ2n) is 7.81. The number of nitrogens with one attached hydrogen (secondary N) is 1. The maximum Gasteiger partial charge on any atom is 0.251 e. The number of aryl methyl sites for hydroxylation is 1. The van der Waals surface area contributed by atoms with Crippen molar-refractivity contribution in [2.45, 2.75) is 37.6 Å². The molecule has 1 aliphatic rings. The number of carbonyl (C=O) groups excluding carboxylic acids is 1. The first-order chi connectivity index (χ1) is 14.4. The number of hydrogen-bond donors (Lipinski definition) is 1. The summed E-state index contributed by atoms with van der Waals surface area (Å²) >= 11 is 0. The molecule has 1 amide bonds. The van der Waals surface area contributed by atoms with E-state index in [2.05, 4.69) is 17.4 Å². The van der Waals surface area contributed by atoms with E-state index in [4.69, 9.17) is 0 Å². The van der Waals surface area contributed by atoms with Gasteiger partial charge in [0.2, 0.25) is 10.0 Å². The lowest BCUT2D eigenvalue weighted by Gasteiger charge is -2.26. The molecule has 0 radical (unpaired) electrons. The van der Waals surface area contributed by atoms with E-state index in [9.17, 15) is 13.2 Å². The third-order valence-corrected chi connectivity index (χ3v) is 7.57. The van der Waals surface area contributed by atoms with Crippen LogP contribution in [-0.2, 0) is 16.6 Å². The zero-order chi connectivity index (χ0) is 21.1. The first-order valence-corrected chi connectivity index (χ1v) is 11.8. The Labute approximate surface area is 177 Å². The van der Waals surface area contributed by atoms with Gasteiger partial charge in [0.25, 0.3) is 5.91 Å². The number of nitrogens with zero attached hydrogens (tertiary/aromatic N) is 1. The van der Waals surface area contributed by atoms with E-state index in [-0.39, 0.29) is 10.8 Å². The molecule has 0 atom stereocenters. The third kappa shape index (κ3) is 4.25. The van der Waals surface area contributed by atoms with Gasteiger partial charge >= 0.3 is 0 Å². The number of rotatable bonds is 5. The van der Waals surface area contributed by atoms with Crippen LogP contribution >= 0.6 is 0 Å². The predicted molar refractivity (Wildman–Crippen MR) is 119 cm³/mol. The van der Waals surface area contributed by atoms with E-state index >= 15 is 0 Å². The molecule has 4 rings (SSSR count). The molecule has 0 spiro atoms. The zero-order valence-corrected chi connectivity index (χ0v) is 17.9. The summed E-state index contributed by atoms with van der Waals surface area (Å²) in [5, 5.41) is 5.20. The highest BCUT2D eigenvalue weighted by molar-refractivity contribution is 7.89. The Balaban J connectivity index is 1.52. The van der Waals surface area contributed by atoms with Gasteiger partial charge in [-0.15, -0.1) is 0 Å². The summed E-state index contributed by atoms with van der Waals surface area (Å²) in [5.41, 5.74) is 2.15. The lowest BCUT2D eigenvalue weighted by Crippen LogP contribution is -2.35. The Morgan fingerprint density at radius 3 is 2.43 bits per heavy atom. The summed E-state index contributed by atoms with van der Waals surface area (Å²) in [5.74, 6) is -0.267. The Kier molecular flexibility index (Phi) is 5.88. The summed E-state index contributed by atoms with van der Waals surface area (Å²) in [4.78, 5) is 13.0. The van der Waals surface area contributed by atoms with E-state index in [1.807, 2.05) is 37.3 Å². The largest absolute Gasteiger partial charge is 0.348 e. The van der Waals surface area contributed by atoms with E-state index in [1.54, 1.807) is 12.1 Å². The van der Waals surface area contributed by atoms with Crippen molar-refractivity contribution in [2.75, 3.05) is 13.1 Å². The molecule has 0 aromatic heterocycles. The maximum absolute atomic E-state index is 13.0. The number of benzene rings is 3. The van der Waals surface area contributed by atoms with Crippen molar-refractivity contribution in [3.05, 3.63) is 77.4 Å². The normalized spacial score (nSPS) is 15.2. The lowest BCUT2D eigenvalue weighted by molar-refractivity contribution is 0.0950. The van der Waals surface area contributed by atoms with Crippen LogP contribution < -0.4 is 5.32 Å². The van der Waals surface area contributed by atoms with Crippen LogP contribution in [0, 0.1) is 6.92 Å². The number of carbonyl (C=O) groups is 1. The maximum atomic E-state index is 13.0. The highest BCUT2D eigenvalue weighted by atomic mass is 32.2. The molecular formula is C24H26N2O3S. The average Bonchev–Trinajstić information content (AvgIpc) is 2.78. The van der Waals surface area contributed by atoms with Crippen molar-refractivity contribution < 1.29 is 13.2 Å². The van der Waals surface area contributed by atoms with Gasteiger partial charge in [-0.3, -0.25) is 4.79 Å². The van der Waals surface area contributed by atoms with E-state index in [1.165, 1.54) is 10.4 Å². The van der Waals surface area contributed by atoms with Gasteiger partial charge in [0.05, 0.1) is 4.90 Å². The molecule has 3 aromatic carbocycles. The number of piperidine rings is 1. The predicted octanol–water partition coefficient (Wildman–Crippen LogP) is 4.25. The standard InChI is InChI=1S/C24H26N2O3S/c1-18-9-12-22(30(28,29)26-13-5-2-6-14-26)16-23(18)24(27)25-17-19-10-11-20-7-3-4-8-21(20)15-19/h3-4,7-12,15-16H,2,5-6,13-14,17H2,1H3,(H,25,27). The van der Waals surface area contributed by atoms with Crippen LogP contribution in [0.4, 0.5) is 0 Å². The molecule has 1 heterocycles. The quantitative estimate of drug-likeness (QED) is 0.668. The molecule has 1 N–H and O–H groups in total. The fourth-order valence-corrected chi connectivity index (χ4v) is 5.43. The van der Waals surface area contributed by atoms with Gasteiger partial charge in [0, 0.05) is 25.2 Å². The average molecular weight is 423 g/mol. The second-order valence-corrected chi connectivity index (χ2v) is 9.74. The third-order valence-electron chi connectivity index (χ3n) is 5.67. The first-order valence-electron chi connectivity index (χ1n) is 10.3. The highest BCUT2D eigenvalue weighted by Crippen LogP contribution is 2.23. The van der Waals surface area contributed by atoms with Crippen molar-refractivity contribution in [1.29, 1.82) is 0 Å². The van der Waals surface area contributed by atoms with Crippen molar-refractivity contribution in [1.82, 2.24) is 9.62 Å². The minimum absolute atomic E-state index is 0.186. The van der Waals surface area contributed by atoms with Crippen molar-refractivity contribution >= 4 is 26.7 Å². The van der Waals surface area contributed by atoms with Gasteiger partial charge in [-0.05, 0) is 59.9 Å². The van der Waals surface area contributed by atoms with Crippen molar-refractivity contribution in [3.63, 3.8) is 0 Å². The molecule has 3 aromatic rings. The summed E-state index contributed by atoms with van der Waals surface area (Å²) < 4.78 is 27.5. The molecule has 1 fully saturated rings. The molecule has 6 heteroatoms. The molecular weight excluding hydrogens is 396 g/mol. The molecule has 1 saturated heterocycles. The van der Waals surface area contributed by atoms with Crippen molar-refractivity contribution in [3.8, 4) is 0 Å². The Bertz CT molecular complexity index is 1180. The SMILES string of the molecule is Cc1ccc(S(=O)(=O)N2CCCCC2)cc1C(=O)NCc1ccc2ccccc2c1. The van der Waals surface area contributed by atoms with Gasteiger partial charge in [-0.1, -0.05) is 48.9 Å². The topological polar surface area (TPSA) is 66.5 Å². The molecule has 1 aliphatic heterocycles. The van der Waals surface area contributed by atoms with Crippen LogP contribution in [0.5, 0.6) is 0 Å². The van der Waals surface area contributed by atoms with Gasteiger partial charge in [-0.2, -0.15) is 4.31 Å². The summed E-state index contributed by atoms with van der Waals surface area (Å²) in [6, 6.07) is 19.0. The fraction of sp³-hybridized carbons (Fsp3) is 0.292. The smallest absolute Gasteiger partial charge is 0.251 e. The Morgan fingerprint density at radius 1 is 0.933 bits per heavy atom. The van der Waals surface area contributed by atoms with E-state index in [0.29, 0.717) is 25.2 Å². The van der Waals surface area contributed by atoms with Gasteiger partial charge in [0.15, 0.2) is 0 Å². The Hall–Kier alpha value is -2.70. The molecule has 5 nitrogen and oxygen atoms in total. The van der Waals surface area contributed by atoms with Gasteiger partial charge in [0.1, 0.15) is 0 Å². The summed E-state index contributed by atoms with van der Waals surface area (Å²) in [6.45, 7) is 3.29. The molecule has 30 heavy (non-hydrogen) atoms. The van der Waals surface area contributed by atoms with Gasteiger partial charge in [-0.25, -0.2) is 8.42 Å². The minimum atomic E-state index is -3.57. The van der Waals surface area contributed by atoms with Gasteiger partial charge < -0.3 is 5.32 Å². The monoisotopic (exact) mass is 422 g/mol. The number of hydrogen-bond acceptors (Lipinski definition) is 3. The Morgan fingerprint density at radius 2 is 1.67 bits per heavy atom. The second kappa shape index (κ2) is 8.58. The van der Waals surface area contributed by atoms with Crippen molar-refractivity contribution in [2.24, 2.45) is 0 Å². The first kappa shape index (κ1) is 20.6. The van der Waals surface area contributed by atoms with Crippen LogP contribution in [0.15, 0.2) is 65.6 Å². The number of fused-ring (bicyclic) bond motifs is 1. The van der Waals surface area contributed by atoms with E-state index < -0.39 is 10.0 Å². The molecule has 0 unspecified atom stereocenters. The van der Waals surface area contributed by atoms with Crippen LogP contribution in [0.3, 0.4) is 0 Å². The minimum Gasteiger partial charge on any atom is -0.348 e.